The van der Waals surface area contributed by atoms with Crippen LogP contribution in [0.5, 0.6) is 5.75 Å². The Bertz CT molecular complexity index is 860. The van der Waals surface area contributed by atoms with E-state index < -0.39 is 29.2 Å². The van der Waals surface area contributed by atoms with E-state index in [2.05, 4.69) is 0 Å². The Kier molecular flexibility index (Phi) is 6.67. The number of anilines is 1. The third-order valence-electron chi connectivity index (χ3n) is 3.49. The van der Waals surface area contributed by atoms with Crippen molar-refractivity contribution in [2.75, 3.05) is 18.1 Å². The second-order valence-corrected chi connectivity index (χ2v) is 5.83. The molecule has 27 heavy (non-hydrogen) atoms. The third-order valence-corrected chi connectivity index (χ3v) is 3.73. The average molecular weight is 396 g/mol. The predicted molar refractivity (Wildman–Crippen MR) is 96.2 cm³/mol. The van der Waals surface area contributed by atoms with Crippen molar-refractivity contribution in [1.29, 1.82) is 0 Å². The van der Waals surface area contributed by atoms with Crippen molar-refractivity contribution in [2.24, 2.45) is 5.73 Å². The van der Waals surface area contributed by atoms with Gasteiger partial charge in [0.25, 0.3) is 5.91 Å². The zero-order valence-electron chi connectivity index (χ0n) is 13.9. The van der Waals surface area contributed by atoms with Crippen LogP contribution in [0.3, 0.4) is 0 Å². The van der Waals surface area contributed by atoms with Crippen molar-refractivity contribution in [3.63, 3.8) is 0 Å². The number of hydrogen-bond donors (Lipinski definition) is 1. The smallest absolute Gasteiger partial charge is 0.312 e. The first-order valence-corrected chi connectivity index (χ1v) is 8.06. The van der Waals surface area contributed by atoms with Gasteiger partial charge >= 0.3 is 5.69 Å². The third kappa shape index (κ3) is 5.65. The number of ether oxygens (including phenoxy) is 1. The van der Waals surface area contributed by atoms with Crippen LogP contribution in [0.25, 0.3) is 0 Å². The quantitative estimate of drug-likeness (QED) is 0.545. The van der Waals surface area contributed by atoms with Crippen molar-refractivity contribution in [1.82, 2.24) is 0 Å². The number of halogens is 2. The molecule has 2 rings (SSSR count). The molecule has 0 atom stereocenters. The minimum atomic E-state index is -0.684. The molecule has 142 valence electrons. The van der Waals surface area contributed by atoms with E-state index in [1.807, 2.05) is 0 Å². The van der Waals surface area contributed by atoms with Gasteiger partial charge in [0.2, 0.25) is 5.91 Å². The van der Waals surface area contributed by atoms with Crippen molar-refractivity contribution < 1.29 is 23.6 Å². The van der Waals surface area contributed by atoms with Crippen LogP contribution in [0.4, 0.5) is 15.8 Å². The van der Waals surface area contributed by atoms with E-state index in [-0.39, 0.29) is 29.4 Å². The molecule has 0 saturated heterocycles. The van der Waals surface area contributed by atoms with E-state index in [9.17, 15) is 24.1 Å². The van der Waals surface area contributed by atoms with E-state index in [1.54, 1.807) is 0 Å². The molecular weight excluding hydrogens is 381 g/mol. The highest BCUT2D eigenvalue weighted by Gasteiger charge is 2.21. The lowest BCUT2D eigenvalue weighted by atomic mass is 10.2. The molecule has 0 fully saturated rings. The van der Waals surface area contributed by atoms with Crippen LogP contribution in [0, 0.1) is 15.9 Å². The lowest BCUT2D eigenvalue weighted by Gasteiger charge is -2.22. The number of nitro benzene ring substituents is 1. The van der Waals surface area contributed by atoms with Gasteiger partial charge in [0.15, 0.2) is 12.4 Å². The molecule has 0 bridgehead atoms. The van der Waals surface area contributed by atoms with Crippen LogP contribution >= 0.6 is 11.6 Å². The Labute approximate surface area is 158 Å². The molecule has 2 aromatic rings. The number of carbonyl (C=O) groups excluding carboxylic acids is 2. The van der Waals surface area contributed by atoms with Crippen LogP contribution in [0.1, 0.15) is 6.42 Å². The summed E-state index contributed by atoms with van der Waals surface area (Å²) in [5.74, 6) is -1.84. The first-order chi connectivity index (χ1) is 12.8. The predicted octanol–water partition coefficient (Wildman–Crippen LogP) is 2.67. The summed E-state index contributed by atoms with van der Waals surface area (Å²) in [6, 6.07) is 8.80. The molecule has 10 heteroatoms. The minimum Gasteiger partial charge on any atom is -0.477 e. The summed E-state index contributed by atoms with van der Waals surface area (Å²) >= 11 is 5.73. The summed E-state index contributed by atoms with van der Waals surface area (Å²) in [5, 5.41) is 11.2. The van der Waals surface area contributed by atoms with Crippen molar-refractivity contribution in [2.45, 2.75) is 6.42 Å². The Balaban J connectivity index is 2.17. The molecule has 0 aliphatic rings. The van der Waals surface area contributed by atoms with E-state index in [1.165, 1.54) is 29.2 Å². The topological polar surface area (TPSA) is 116 Å². The number of amides is 2. The molecular formula is C17H15ClFN3O5. The number of rotatable bonds is 8. The molecule has 2 aromatic carbocycles. The molecule has 0 aliphatic carbocycles. The summed E-state index contributed by atoms with van der Waals surface area (Å²) in [4.78, 5) is 35.1. The number of nitro groups is 1. The fourth-order valence-corrected chi connectivity index (χ4v) is 2.38. The number of nitrogens with zero attached hydrogens (tertiary/aromatic N) is 2. The van der Waals surface area contributed by atoms with Crippen molar-refractivity contribution in [3.05, 3.63) is 63.4 Å². The molecule has 2 amide bonds. The summed E-state index contributed by atoms with van der Waals surface area (Å²) < 4.78 is 18.4. The zero-order chi connectivity index (χ0) is 20.0. The molecule has 0 radical (unpaired) electrons. The molecule has 0 saturated carbocycles. The first-order valence-electron chi connectivity index (χ1n) is 7.69. The maximum absolute atomic E-state index is 13.1. The van der Waals surface area contributed by atoms with Crippen LogP contribution in [0.15, 0.2) is 42.5 Å². The molecule has 0 aromatic heterocycles. The maximum Gasteiger partial charge on any atom is 0.312 e. The van der Waals surface area contributed by atoms with Gasteiger partial charge in [-0.1, -0.05) is 11.6 Å². The highest BCUT2D eigenvalue weighted by atomic mass is 35.5. The van der Waals surface area contributed by atoms with Gasteiger partial charge in [-0.25, -0.2) is 4.39 Å². The first kappa shape index (κ1) is 20.1. The Morgan fingerprint density at radius 3 is 2.48 bits per heavy atom. The standard InChI is InChI=1S/C17H15ClFN3O5/c18-11-1-6-15(14(9-11)22(25)26)27-10-17(24)21(8-7-16(20)23)13-4-2-12(19)3-5-13/h1-6,9H,7-8,10H2,(H2,20,23). The second-order valence-electron chi connectivity index (χ2n) is 5.40. The number of carbonyl (C=O) groups is 2. The van der Waals surface area contributed by atoms with Gasteiger partial charge in [0, 0.05) is 29.7 Å². The van der Waals surface area contributed by atoms with Gasteiger partial charge in [-0.2, -0.15) is 0 Å². The normalized spacial score (nSPS) is 10.3. The number of nitrogens with two attached hydrogens (primary N) is 1. The maximum atomic E-state index is 13.1. The molecule has 0 spiro atoms. The Morgan fingerprint density at radius 1 is 1.22 bits per heavy atom. The van der Waals surface area contributed by atoms with Crippen LogP contribution < -0.4 is 15.4 Å². The molecule has 0 aliphatic heterocycles. The van der Waals surface area contributed by atoms with Gasteiger partial charge in [0.05, 0.1) is 4.92 Å². The largest absolute Gasteiger partial charge is 0.477 e. The van der Waals surface area contributed by atoms with Gasteiger partial charge in [-0.3, -0.25) is 19.7 Å². The van der Waals surface area contributed by atoms with E-state index >= 15 is 0 Å². The lowest BCUT2D eigenvalue weighted by molar-refractivity contribution is -0.385. The summed E-state index contributed by atoms with van der Waals surface area (Å²) in [5.41, 5.74) is 5.06. The number of primary amides is 1. The average Bonchev–Trinajstić information content (AvgIpc) is 2.61. The summed E-state index contributed by atoms with van der Waals surface area (Å²) in [6.45, 7) is -0.593. The Hall–Kier alpha value is -3.20. The molecule has 0 unspecified atom stereocenters. The SMILES string of the molecule is NC(=O)CCN(C(=O)COc1ccc(Cl)cc1[N+](=O)[O-])c1ccc(F)cc1. The summed E-state index contributed by atoms with van der Waals surface area (Å²) in [6.07, 6.45) is -0.121. The van der Waals surface area contributed by atoms with Crippen LogP contribution in [-0.4, -0.2) is 29.9 Å². The van der Waals surface area contributed by atoms with Crippen molar-refractivity contribution in [3.8, 4) is 5.75 Å². The molecule has 8 nitrogen and oxygen atoms in total. The highest BCUT2D eigenvalue weighted by Crippen LogP contribution is 2.30. The van der Waals surface area contributed by atoms with Crippen LogP contribution in [0.2, 0.25) is 5.02 Å². The number of hydrogen-bond acceptors (Lipinski definition) is 5. The number of benzene rings is 2. The Morgan fingerprint density at radius 2 is 1.89 bits per heavy atom. The second kappa shape index (κ2) is 8.95. The van der Waals surface area contributed by atoms with E-state index in [0.29, 0.717) is 5.69 Å². The lowest BCUT2D eigenvalue weighted by Crippen LogP contribution is -2.37. The fourth-order valence-electron chi connectivity index (χ4n) is 2.21. The molecule has 2 N–H and O–H groups in total. The van der Waals surface area contributed by atoms with Gasteiger partial charge in [-0.15, -0.1) is 0 Å². The minimum absolute atomic E-state index is 0.0497. The zero-order valence-corrected chi connectivity index (χ0v) is 14.7. The molecule has 0 heterocycles. The highest BCUT2D eigenvalue weighted by molar-refractivity contribution is 6.30. The van der Waals surface area contributed by atoms with Gasteiger partial charge < -0.3 is 15.4 Å². The fraction of sp³-hybridized carbons (Fsp3) is 0.176. The van der Waals surface area contributed by atoms with Gasteiger partial charge in [-0.05, 0) is 36.4 Å². The monoisotopic (exact) mass is 395 g/mol. The van der Waals surface area contributed by atoms with E-state index in [4.69, 9.17) is 22.1 Å². The van der Waals surface area contributed by atoms with Crippen molar-refractivity contribution >= 4 is 34.8 Å². The van der Waals surface area contributed by atoms with E-state index in [0.717, 1.165) is 18.2 Å². The summed E-state index contributed by atoms with van der Waals surface area (Å²) in [7, 11) is 0. The van der Waals surface area contributed by atoms with Gasteiger partial charge in [0.1, 0.15) is 5.82 Å². The van der Waals surface area contributed by atoms with Crippen LogP contribution in [-0.2, 0) is 9.59 Å².